The molecule has 0 aliphatic carbocycles. The summed E-state index contributed by atoms with van der Waals surface area (Å²) in [6.07, 6.45) is 0.832. The molecule has 1 atom stereocenters. The summed E-state index contributed by atoms with van der Waals surface area (Å²) in [6, 6.07) is 0. The van der Waals surface area contributed by atoms with Gasteiger partial charge in [0.1, 0.15) is 0 Å². The van der Waals surface area contributed by atoms with Crippen molar-refractivity contribution in [1.29, 1.82) is 0 Å². The molecule has 0 radical (unpaired) electrons. The average Bonchev–Trinajstić information content (AvgIpc) is 1.60. The Bertz CT molecular complexity index is 124. The van der Waals surface area contributed by atoms with Crippen LogP contribution >= 0.6 is 0 Å². The predicted octanol–water partition coefficient (Wildman–Crippen LogP) is 1.54. The van der Waals surface area contributed by atoms with Gasteiger partial charge < -0.3 is 5.73 Å². The maximum Gasteiger partial charge on any atom is 0.221 e. The van der Waals surface area contributed by atoms with Gasteiger partial charge in [0, 0.05) is 5.92 Å². The maximum absolute atomic E-state index is 10.8. The second-order valence-corrected chi connectivity index (χ2v) is 3.73. The zero-order valence-corrected chi connectivity index (χ0v) is 7.27. The smallest absolute Gasteiger partial charge is 0.221 e. The highest BCUT2D eigenvalue weighted by Crippen LogP contribution is 2.27. The first-order chi connectivity index (χ1) is 4.39. The molecule has 0 spiro atoms. The van der Waals surface area contributed by atoms with Crippen molar-refractivity contribution in [2.24, 2.45) is 17.1 Å². The van der Waals surface area contributed by atoms with Crippen LogP contribution in [-0.2, 0) is 4.79 Å². The number of hydrogen-bond acceptors (Lipinski definition) is 1. The zero-order valence-electron chi connectivity index (χ0n) is 7.27. The number of nitrogens with two attached hydrogens (primary N) is 1. The lowest BCUT2D eigenvalue weighted by molar-refractivity contribution is -0.125. The number of primary amides is 1. The molecule has 0 rings (SSSR count). The van der Waals surface area contributed by atoms with Crippen LogP contribution < -0.4 is 5.73 Å². The Kier molecular flexibility index (Phi) is 2.88. The fourth-order valence-corrected chi connectivity index (χ4v) is 1.24. The van der Waals surface area contributed by atoms with Crippen LogP contribution in [0.4, 0.5) is 0 Å². The molecule has 2 heteroatoms. The molecule has 10 heavy (non-hydrogen) atoms. The van der Waals surface area contributed by atoms with Gasteiger partial charge in [0.2, 0.25) is 5.91 Å². The second kappa shape index (κ2) is 3.04. The molecule has 0 aliphatic heterocycles. The molecule has 2 N–H and O–H groups in total. The Morgan fingerprint density at radius 2 is 1.90 bits per heavy atom. The summed E-state index contributed by atoms with van der Waals surface area (Å²) in [6.45, 7) is 8.09. The summed E-state index contributed by atoms with van der Waals surface area (Å²) >= 11 is 0. The Morgan fingerprint density at radius 3 is 1.90 bits per heavy atom. The van der Waals surface area contributed by atoms with E-state index in [9.17, 15) is 4.79 Å². The molecule has 2 nitrogen and oxygen atoms in total. The SMILES string of the molecule is CC[C@H](C(N)=O)C(C)(C)C. The Labute approximate surface area is 62.8 Å². The van der Waals surface area contributed by atoms with E-state index in [1.807, 2.05) is 27.7 Å². The Balaban J connectivity index is 4.22. The van der Waals surface area contributed by atoms with Crippen LogP contribution in [0.25, 0.3) is 0 Å². The van der Waals surface area contributed by atoms with E-state index >= 15 is 0 Å². The third-order valence-electron chi connectivity index (χ3n) is 1.80. The molecular weight excluding hydrogens is 126 g/mol. The lowest BCUT2D eigenvalue weighted by Gasteiger charge is -2.26. The second-order valence-electron chi connectivity index (χ2n) is 3.73. The predicted molar refractivity (Wildman–Crippen MR) is 42.4 cm³/mol. The number of amides is 1. The van der Waals surface area contributed by atoms with Crippen molar-refractivity contribution in [2.75, 3.05) is 0 Å². The molecule has 0 heterocycles. The average molecular weight is 143 g/mol. The van der Waals surface area contributed by atoms with Crippen molar-refractivity contribution < 1.29 is 4.79 Å². The first-order valence-corrected chi connectivity index (χ1v) is 3.69. The highest BCUT2D eigenvalue weighted by Gasteiger charge is 2.27. The molecular formula is C8H17NO. The minimum Gasteiger partial charge on any atom is -0.369 e. The third kappa shape index (κ3) is 2.38. The molecule has 0 fully saturated rings. The number of hydrogen-bond donors (Lipinski definition) is 1. The van der Waals surface area contributed by atoms with Crippen LogP contribution in [0.2, 0.25) is 0 Å². The minimum atomic E-state index is -0.185. The summed E-state index contributed by atoms with van der Waals surface area (Å²) in [5.74, 6) is -0.178. The largest absolute Gasteiger partial charge is 0.369 e. The van der Waals surface area contributed by atoms with Gasteiger partial charge in [0.15, 0.2) is 0 Å². The van der Waals surface area contributed by atoms with Gasteiger partial charge in [-0.05, 0) is 11.8 Å². The maximum atomic E-state index is 10.8. The van der Waals surface area contributed by atoms with Crippen LogP contribution in [0.15, 0.2) is 0 Å². The third-order valence-corrected chi connectivity index (χ3v) is 1.80. The van der Waals surface area contributed by atoms with Gasteiger partial charge >= 0.3 is 0 Å². The lowest BCUT2D eigenvalue weighted by Crippen LogP contribution is -2.33. The summed E-state index contributed by atoms with van der Waals surface area (Å²) in [5, 5.41) is 0. The van der Waals surface area contributed by atoms with Gasteiger partial charge in [-0.25, -0.2) is 0 Å². The first kappa shape index (κ1) is 9.47. The summed E-state index contributed by atoms with van der Waals surface area (Å²) in [7, 11) is 0. The minimum absolute atomic E-state index is 0.00694. The molecule has 1 amide bonds. The van der Waals surface area contributed by atoms with E-state index in [0.29, 0.717) is 0 Å². The van der Waals surface area contributed by atoms with Crippen LogP contribution in [-0.4, -0.2) is 5.91 Å². The van der Waals surface area contributed by atoms with E-state index in [-0.39, 0.29) is 17.2 Å². The van der Waals surface area contributed by atoms with Crippen LogP contribution in [0.1, 0.15) is 34.1 Å². The summed E-state index contributed by atoms with van der Waals surface area (Å²) in [5.41, 5.74) is 5.21. The standard InChI is InChI=1S/C8H17NO/c1-5-6(7(9)10)8(2,3)4/h6H,5H2,1-4H3,(H2,9,10)/t6-/m1/s1. The normalized spacial score (nSPS) is 14.8. The van der Waals surface area contributed by atoms with Gasteiger partial charge in [-0.2, -0.15) is 0 Å². The topological polar surface area (TPSA) is 43.1 Å². The highest BCUT2D eigenvalue weighted by atomic mass is 16.1. The van der Waals surface area contributed by atoms with Crippen molar-refractivity contribution in [2.45, 2.75) is 34.1 Å². The van der Waals surface area contributed by atoms with Crippen molar-refractivity contribution >= 4 is 5.91 Å². The van der Waals surface area contributed by atoms with Gasteiger partial charge in [0.25, 0.3) is 0 Å². The molecule has 0 saturated heterocycles. The van der Waals surface area contributed by atoms with Crippen molar-refractivity contribution in [3.05, 3.63) is 0 Å². The highest BCUT2D eigenvalue weighted by molar-refractivity contribution is 5.77. The van der Waals surface area contributed by atoms with Gasteiger partial charge in [-0.1, -0.05) is 27.7 Å². The van der Waals surface area contributed by atoms with E-state index in [1.54, 1.807) is 0 Å². The number of carbonyl (C=O) groups excluding carboxylic acids is 1. The fourth-order valence-electron chi connectivity index (χ4n) is 1.24. The zero-order chi connectivity index (χ0) is 8.36. The van der Waals surface area contributed by atoms with E-state index in [1.165, 1.54) is 0 Å². The molecule has 0 saturated carbocycles. The number of rotatable bonds is 2. The van der Waals surface area contributed by atoms with Gasteiger partial charge in [0.05, 0.1) is 0 Å². The molecule has 60 valence electrons. The summed E-state index contributed by atoms with van der Waals surface area (Å²) in [4.78, 5) is 10.8. The van der Waals surface area contributed by atoms with Crippen molar-refractivity contribution in [3.8, 4) is 0 Å². The molecule has 0 aromatic carbocycles. The molecule has 0 bridgehead atoms. The quantitative estimate of drug-likeness (QED) is 0.626. The van der Waals surface area contributed by atoms with E-state index < -0.39 is 0 Å². The van der Waals surface area contributed by atoms with Crippen molar-refractivity contribution in [3.63, 3.8) is 0 Å². The molecule has 0 unspecified atom stereocenters. The number of carbonyl (C=O) groups is 1. The van der Waals surface area contributed by atoms with Crippen LogP contribution in [0.3, 0.4) is 0 Å². The fraction of sp³-hybridized carbons (Fsp3) is 0.875. The van der Waals surface area contributed by atoms with E-state index in [0.717, 1.165) is 6.42 Å². The summed E-state index contributed by atoms with van der Waals surface area (Å²) < 4.78 is 0. The molecule has 0 aromatic heterocycles. The van der Waals surface area contributed by atoms with Gasteiger partial charge in [-0.15, -0.1) is 0 Å². The van der Waals surface area contributed by atoms with Crippen molar-refractivity contribution in [1.82, 2.24) is 0 Å². The molecule has 0 aromatic rings. The first-order valence-electron chi connectivity index (χ1n) is 3.69. The van der Waals surface area contributed by atoms with Gasteiger partial charge in [-0.3, -0.25) is 4.79 Å². The monoisotopic (exact) mass is 143 g/mol. The van der Waals surface area contributed by atoms with E-state index in [4.69, 9.17) is 5.73 Å². The lowest BCUT2D eigenvalue weighted by atomic mass is 9.79. The molecule has 0 aliphatic rings. The Morgan fingerprint density at radius 1 is 1.50 bits per heavy atom. The van der Waals surface area contributed by atoms with E-state index in [2.05, 4.69) is 0 Å². The van der Waals surface area contributed by atoms with Crippen LogP contribution in [0, 0.1) is 11.3 Å². The Hall–Kier alpha value is -0.530. The van der Waals surface area contributed by atoms with Crippen LogP contribution in [0.5, 0.6) is 0 Å².